The van der Waals surface area contributed by atoms with Crippen LogP contribution >= 0.6 is 11.3 Å². The highest BCUT2D eigenvalue weighted by Gasteiger charge is 2.25. The fourth-order valence-corrected chi connectivity index (χ4v) is 3.36. The Balaban J connectivity index is 1.55. The van der Waals surface area contributed by atoms with E-state index in [-0.39, 0.29) is 24.1 Å². The molecule has 2 heterocycles. The molecule has 1 aliphatic heterocycles. The van der Waals surface area contributed by atoms with Crippen molar-refractivity contribution in [1.82, 2.24) is 15.6 Å². The minimum absolute atomic E-state index is 0.0530. The molecule has 3 rings (SSSR count). The summed E-state index contributed by atoms with van der Waals surface area (Å²) < 4.78 is 13.2. The molecule has 2 atom stereocenters. The number of benzene rings is 1. The van der Waals surface area contributed by atoms with Crippen LogP contribution < -0.4 is 10.6 Å². The molecule has 2 unspecified atom stereocenters. The van der Waals surface area contributed by atoms with Crippen LogP contribution in [0.3, 0.4) is 0 Å². The highest BCUT2D eigenvalue weighted by molar-refractivity contribution is 7.13. The molecular weight excluding hydrogens is 317 g/mol. The standard InChI is InChI=1S/C16H18FN3O2S/c17-12-3-1-2-10(4-12)16-20-13(9-23-16)5-15(22)19-7-11-6-18-8-14(11)21/h1-4,9,11,14,18,21H,5-8H2,(H,19,22). The van der Waals surface area contributed by atoms with E-state index in [1.54, 1.807) is 12.1 Å². The maximum Gasteiger partial charge on any atom is 0.226 e. The largest absolute Gasteiger partial charge is 0.391 e. The number of thiazole rings is 1. The highest BCUT2D eigenvalue weighted by Crippen LogP contribution is 2.24. The minimum atomic E-state index is -0.408. The number of hydrogen-bond donors (Lipinski definition) is 3. The van der Waals surface area contributed by atoms with Crippen LogP contribution in [0.15, 0.2) is 29.6 Å². The summed E-state index contributed by atoms with van der Waals surface area (Å²) in [5.74, 6) is -0.377. The number of aliphatic hydroxyl groups excluding tert-OH is 1. The van der Waals surface area contributed by atoms with Crippen molar-refractivity contribution in [2.24, 2.45) is 5.92 Å². The molecule has 0 radical (unpaired) electrons. The summed E-state index contributed by atoms with van der Waals surface area (Å²) in [5, 5.41) is 18.1. The zero-order chi connectivity index (χ0) is 16.2. The second-order valence-electron chi connectivity index (χ2n) is 5.62. The molecule has 7 heteroatoms. The van der Waals surface area contributed by atoms with Crippen LogP contribution in [0, 0.1) is 11.7 Å². The molecule has 122 valence electrons. The monoisotopic (exact) mass is 335 g/mol. The van der Waals surface area contributed by atoms with Gasteiger partial charge in [0.1, 0.15) is 10.8 Å². The Morgan fingerprint density at radius 2 is 2.35 bits per heavy atom. The van der Waals surface area contributed by atoms with Crippen molar-refractivity contribution >= 4 is 17.2 Å². The summed E-state index contributed by atoms with van der Waals surface area (Å²) in [7, 11) is 0. The van der Waals surface area contributed by atoms with E-state index in [9.17, 15) is 14.3 Å². The van der Waals surface area contributed by atoms with Crippen molar-refractivity contribution in [2.45, 2.75) is 12.5 Å². The number of nitrogens with one attached hydrogen (secondary N) is 2. The molecule has 0 saturated carbocycles. The summed E-state index contributed by atoms with van der Waals surface area (Å²) in [6.07, 6.45) is -0.226. The quantitative estimate of drug-likeness (QED) is 0.767. The highest BCUT2D eigenvalue weighted by atomic mass is 32.1. The molecule has 0 aliphatic carbocycles. The molecule has 1 amide bonds. The zero-order valence-electron chi connectivity index (χ0n) is 12.5. The van der Waals surface area contributed by atoms with Crippen LogP contribution in [0.1, 0.15) is 5.69 Å². The number of rotatable bonds is 5. The third-order valence-electron chi connectivity index (χ3n) is 3.83. The number of carbonyl (C=O) groups excluding carboxylic acids is 1. The second-order valence-corrected chi connectivity index (χ2v) is 6.48. The SMILES string of the molecule is O=C(Cc1csc(-c2cccc(F)c2)n1)NCC1CNCC1O. The van der Waals surface area contributed by atoms with Gasteiger partial charge in [0.2, 0.25) is 5.91 Å². The molecule has 1 aliphatic rings. The Morgan fingerprint density at radius 3 is 3.09 bits per heavy atom. The minimum Gasteiger partial charge on any atom is -0.391 e. The molecule has 0 bridgehead atoms. The Kier molecular flexibility index (Phi) is 5.00. The first-order chi connectivity index (χ1) is 11.1. The predicted molar refractivity (Wildman–Crippen MR) is 86.6 cm³/mol. The molecule has 23 heavy (non-hydrogen) atoms. The van der Waals surface area contributed by atoms with E-state index in [1.807, 2.05) is 5.38 Å². The van der Waals surface area contributed by atoms with Gasteiger partial charge in [-0.1, -0.05) is 12.1 Å². The molecule has 0 spiro atoms. The van der Waals surface area contributed by atoms with Gasteiger partial charge in [-0.25, -0.2) is 9.37 Å². The first-order valence-corrected chi connectivity index (χ1v) is 8.35. The summed E-state index contributed by atoms with van der Waals surface area (Å²) in [4.78, 5) is 16.4. The van der Waals surface area contributed by atoms with Gasteiger partial charge >= 0.3 is 0 Å². The predicted octanol–water partition coefficient (Wildman–Crippen LogP) is 1.19. The Bertz CT molecular complexity index is 691. The van der Waals surface area contributed by atoms with Crippen LogP contribution in [0.5, 0.6) is 0 Å². The molecule has 5 nitrogen and oxygen atoms in total. The zero-order valence-corrected chi connectivity index (χ0v) is 13.3. The molecular formula is C16H18FN3O2S. The average molecular weight is 335 g/mol. The molecule has 1 aromatic carbocycles. The van der Waals surface area contributed by atoms with Crippen molar-refractivity contribution in [1.29, 1.82) is 0 Å². The van der Waals surface area contributed by atoms with Gasteiger partial charge in [0.15, 0.2) is 0 Å². The average Bonchev–Trinajstić information content (AvgIpc) is 3.14. The number of β-amino-alcohol motifs (C(OH)–C–C–N with tert-alkyl or cyclic N) is 1. The van der Waals surface area contributed by atoms with E-state index in [0.717, 1.165) is 0 Å². The molecule has 1 aromatic heterocycles. The van der Waals surface area contributed by atoms with Crippen molar-refractivity contribution in [2.75, 3.05) is 19.6 Å². The van der Waals surface area contributed by atoms with Crippen molar-refractivity contribution in [3.8, 4) is 10.6 Å². The van der Waals surface area contributed by atoms with Crippen LogP contribution in [0.4, 0.5) is 4.39 Å². The van der Waals surface area contributed by atoms with Gasteiger partial charge in [-0.05, 0) is 12.1 Å². The van der Waals surface area contributed by atoms with E-state index >= 15 is 0 Å². The van der Waals surface area contributed by atoms with Crippen molar-refractivity contribution in [3.05, 3.63) is 41.2 Å². The number of aliphatic hydroxyl groups is 1. The fraction of sp³-hybridized carbons (Fsp3) is 0.375. The molecule has 2 aromatic rings. The smallest absolute Gasteiger partial charge is 0.226 e. The lowest BCUT2D eigenvalue weighted by Gasteiger charge is -2.13. The number of halogens is 1. The normalized spacial score (nSPS) is 20.6. The third-order valence-corrected chi connectivity index (χ3v) is 4.77. The molecule has 1 saturated heterocycles. The topological polar surface area (TPSA) is 74.2 Å². The maximum absolute atomic E-state index is 13.2. The number of aromatic nitrogens is 1. The number of amides is 1. The van der Waals surface area contributed by atoms with E-state index in [0.29, 0.717) is 35.9 Å². The van der Waals surface area contributed by atoms with Crippen LogP contribution in [-0.4, -0.2) is 41.7 Å². The number of carbonyl (C=O) groups is 1. The first kappa shape index (κ1) is 16.0. The summed E-state index contributed by atoms with van der Waals surface area (Å²) in [6.45, 7) is 1.74. The fourth-order valence-electron chi connectivity index (χ4n) is 2.54. The van der Waals surface area contributed by atoms with Gasteiger partial charge in [0, 0.05) is 36.5 Å². The van der Waals surface area contributed by atoms with Gasteiger partial charge < -0.3 is 15.7 Å². The lowest BCUT2D eigenvalue weighted by molar-refractivity contribution is -0.120. The van der Waals surface area contributed by atoms with E-state index in [1.165, 1.54) is 23.5 Å². The molecule has 1 fully saturated rings. The lowest BCUT2D eigenvalue weighted by Crippen LogP contribution is -2.35. The lowest BCUT2D eigenvalue weighted by atomic mass is 10.1. The van der Waals surface area contributed by atoms with Gasteiger partial charge in [-0.3, -0.25) is 4.79 Å². The van der Waals surface area contributed by atoms with Crippen molar-refractivity contribution in [3.63, 3.8) is 0 Å². The second kappa shape index (κ2) is 7.16. The van der Waals surface area contributed by atoms with Gasteiger partial charge in [0.05, 0.1) is 18.2 Å². The van der Waals surface area contributed by atoms with E-state index in [4.69, 9.17) is 0 Å². The van der Waals surface area contributed by atoms with Crippen LogP contribution in [0.2, 0.25) is 0 Å². The summed E-state index contributed by atoms with van der Waals surface area (Å²) >= 11 is 1.39. The Morgan fingerprint density at radius 1 is 1.48 bits per heavy atom. The Hall–Kier alpha value is -1.83. The Labute approximate surface area is 137 Å². The van der Waals surface area contributed by atoms with Gasteiger partial charge in [-0.15, -0.1) is 11.3 Å². The maximum atomic E-state index is 13.2. The van der Waals surface area contributed by atoms with Crippen molar-refractivity contribution < 1.29 is 14.3 Å². The first-order valence-electron chi connectivity index (χ1n) is 7.47. The van der Waals surface area contributed by atoms with E-state index in [2.05, 4.69) is 15.6 Å². The number of nitrogens with zero attached hydrogens (tertiary/aromatic N) is 1. The summed E-state index contributed by atoms with van der Waals surface area (Å²) in [5.41, 5.74) is 1.37. The van der Waals surface area contributed by atoms with E-state index < -0.39 is 6.10 Å². The van der Waals surface area contributed by atoms with Crippen LogP contribution in [0.25, 0.3) is 10.6 Å². The van der Waals surface area contributed by atoms with Gasteiger partial charge in [0.25, 0.3) is 0 Å². The van der Waals surface area contributed by atoms with Crippen LogP contribution in [-0.2, 0) is 11.2 Å². The number of hydrogen-bond acceptors (Lipinski definition) is 5. The molecule has 3 N–H and O–H groups in total. The summed E-state index contributed by atoms with van der Waals surface area (Å²) in [6, 6.07) is 6.24. The third kappa shape index (κ3) is 4.13. The van der Waals surface area contributed by atoms with Gasteiger partial charge in [-0.2, -0.15) is 0 Å².